The van der Waals surface area contributed by atoms with Gasteiger partial charge in [-0.2, -0.15) is 0 Å². The number of nitrogens with zero attached hydrogens (tertiary/aromatic N) is 1. The van der Waals surface area contributed by atoms with Gasteiger partial charge in [-0.15, -0.1) is 0 Å². The summed E-state index contributed by atoms with van der Waals surface area (Å²) in [4.78, 5) is 25.5. The largest absolute Gasteiger partial charge is 0.481 e. The van der Waals surface area contributed by atoms with Crippen LogP contribution in [0, 0.1) is 0 Å². The molecule has 1 saturated heterocycles. The van der Waals surface area contributed by atoms with E-state index in [-0.39, 0.29) is 18.9 Å². The molecule has 0 atom stereocenters. The Labute approximate surface area is 176 Å². The molecule has 0 spiro atoms. The standard InChI is InChI=1S/C23H15NO3S2/c25-19(26)10-11-24-22(27)18(29-23(24)28)12-16-7-6-15-5-4-13-2-1-3-14-8-9-17(16)21(15)20(13)14/h1-9,12H,10-11H2,(H,25,26). The summed E-state index contributed by atoms with van der Waals surface area (Å²) >= 11 is 6.52. The van der Waals surface area contributed by atoms with Crippen molar-refractivity contribution < 1.29 is 14.7 Å². The third-order valence-corrected chi connectivity index (χ3v) is 6.65. The van der Waals surface area contributed by atoms with Gasteiger partial charge in [-0.25, -0.2) is 0 Å². The molecule has 1 N–H and O–H groups in total. The summed E-state index contributed by atoms with van der Waals surface area (Å²) in [6.07, 6.45) is 1.74. The number of rotatable bonds is 4. The maximum Gasteiger partial charge on any atom is 0.305 e. The normalized spacial score (nSPS) is 16.1. The fraction of sp³-hybridized carbons (Fsp3) is 0.0870. The van der Waals surface area contributed by atoms with Crippen LogP contribution in [-0.2, 0) is 9.59 Å². The Morgan fingerprint density at radius 1 is 1.00 bits per heavy atom. The molecule has 4 aromatic carbocycles. The van der Waals surface area contributed by atoms with E-state index >= 15 is 0 Å². The smallest absolute Gasteiger partial charge is 0.305 e. The van der Waals surface area contributed by atoms with Crippen molar-refractivity contribution in [2.75, 3.05) is 6.54 Å². The van der Waals surface area contributed by atoms with Gasteiger partial charge in [-0.05, 0) is 44.0 Å². The van der Waals surface area contributed by atoms with Crippen LogP contribution in [0.3, 0.4) is 0 Å². The molecule has 0 aromatic heterocycles. The maximum atomic E-state index is 12.8. The summed E-state index contributed by atoms with van der Waals surface area (Å²) in [5.74, 6) is -1.18. The lowest BCUT2D eigenvalue weighted by Crippen LogP contribution is -2.30. The fourth-order valence-corrected chi connectivity index (χ4v) is 5.22. The van der Waals surface area contributed by atoms with Gasteiger partial charge in [0, 0.05) is 6.54 Å². The minimum absolute atomic E-state index is 0.0931. The molecule has 5 rings (SSSR count). The summed E-state index contributed by atoms with van der Waals surface area (Å²) in [5, 5.41) is 15.9. The molecule has 4 aromatic rings. The predicted molar refractivity (Wildman–Crippen MR) is 122 cm³/mol. The van der Waals surface area contributed by atoms with Crippen molar-refractivity contribution in [3.63, 3.8) is 0 Å². The van der Waals surface area contributed by atoms with Crippen LogP contribution in [0.15, 0.2) is 59.5 Å². The number of carbonyl (C=O) groups excluding carboxylic acids is 1. The number of amides is 1. The molecule has 142 valence electrons. The van der Waals surface area contributed by atoms with Gasteiger partial charge in [-0.3, -0.25) is 14.5 Å². The lowest BCUT2D eigenvalue weighted by molar-refractivity contribution is -0.137. The van der Waals surface area contributed by atoms with Crippen LogP contribution in [-0.4, -0.2) is 32.7 Å². The van der Waals surface area contributed by atoms with Gasteiger partial charge in [-0.1, -0.05) is 78.6 Å². The SMILES string of the molecule is O=C(O)CCN1C(=O)C(=Cc2ccc3ccc4cccc5ccc2c3c45)SC1=S. The van der Waals surface area contributed by atoms with Crippen LogP contribution >= 0.6 is 24.0 Å². The van der Waals surface area contributed by atoms with Gasteiger partial charge in [0.2, 0.25) is 0 Å². The number of carbonyl (C=O) groups is 2. The van der Waals surface area contributed by atoms with Gasteiger partial charge in [0.1, 0.15) is 4.32 Å². The Hall–Kier alpha value is -2.96. The molecule has 29 heavy (non-hydrogen) atoms. The molecule has 0 radical (unpaired) electrons. The van der Waals surface area contributed by atoms with Gasteiger partial charge in [0.15, 0.2) is 0 Å². The van der Waals surface area contributed by atoms with Crippen molar-refractivity contribution in [3.8, 4) is 0 Å². The van der Waals surface area contributed by atoms with E-state index in [4.69, 9.17) is 17.3 Å². The summed E-state index contributed by atoms with van der Waals surface area (Å²) in [6, 6.07) is 18.8. The number of hydrogen-bond acceptors (Lipinski definition) is 4. The lowest BCUT2D eigenvalue weighted by atomic mass is 9.92. The predicted octanol–water partition coefficient (Wildman–Crippen LogP) is 5.26. The van der Waals surface area contributed by atoms with Gasteiger partial charge in [0.05, 0.1) is 11.3 Å². The van der Waals surface area contributed by atoms with E-state index in [9.17, 15) is 9.59 Å². The minimum atomic E-state index is -0.949. The Bertz CT molecular complexity index is 1340. The van der Waals surface area contributed by atoms with Crippen LogP contribution in [0.4, 0.5) is 0 Å². The van der Waals surface area contributed by atoms with E-state index in [1.165, 1.54) is 38.2 Å². The fourth-order valence-electron chi connectivity index (χ4n) is 3.93. The van der Waals surface area contributed by atoms with E-state index in [0.717, 1.165) is 16.3 Å². The Balaban J connectivity index is 1.63. The molecule has 1 aliphatic rings. The topological polar surface area (TPSA) is 57.6 Å². The molecule has 4 nitrogen and oxygen atoms in total. The maximum absolute atomic E-state index is 12.8. The number of thiocarbonyl (C=S) groups is 1. The van der Waals surface area contributed by atoms with E-state index in [2.05, 4.69) is 48.5 Å². The van der Waals surface area contributed by atoms with Crippen LogP contribution in [0.5, 0.6) is 0 Å². The second-order valence-electron chi connectivity index (χ2n) is 6.99. The van der Waals surface area contributed by atoms with E-state index < -0.39 is 5.97 Å². The van der Waals surface area contributed by atoms with Gasteiger partial charge in [0.25, 0.3) is 5.91 Å². The number of thioether (sulfide) groups is 1. The highest BCUT2D eigenvalue weighted by molar-refractivity contribution is 8.26. The van der Waals surface area contributed by atoms with Crippen LogP contribution in [0.2, 0.25) is 0 Å². The highest BCUT2D eigenvalue weighted by Crippen LogP contribution is 2.38. The lowest BCUT2D eigenvalue weighted by Gasteiger charge is -2.13. The van der Waals surface area contributed by atoms with Crippen molar-refractivity contribution in [1.82, 2.24) is 4.90 Å². The van der Waals surface area contributed by atoms with Crippen molar-refractivity contribution in [3.05, 3.63) is 65.1 Å². The number of hydrogen-bond donors (Lipinski definition) is 1. The zero-order valence-electron chi connectivity index (χ0n) is 15.2. The van der Waals surface area contributed by atoms with Gasteiger partial charge >= 0.3 is 5.97 Å². The zero-order valence-corrected chi connectivity index (χ0v) is 16.8. The summed E-state index contributed by atoms with van der Waals surface area (Å²) < 4.78 is 0.403. The molecule has 6 heteroatoms. The number of carboxylic acid groups (broad SMARTS) is 1. The first-order valence-corrected chi connectivity index (χ1v) is 10.4. The molecular formula is C23H15NO3S2. The number of carboxylic acids is 1. The van der Waals surface area contributed by atoms with Crippen molar-refractivity contribution in [2.45, 2.75) is 6.42 Å². The van der Waals surface area contributed by atoms with E-state index in [1.54, 1.807) is 0 Å². The summed E-state index contributed by atoms with van der Waals surface area (Å²) in [6.45, 7) is 0.0931. The van der Waals surface area contributed by atoms with Crippen LogP contribution in [0.25, 0.3) is 38.4 Å². The van der Waals surface area contributed by atoms with Crippen LogP contribution in [0.1, 0.15) is 12.0 Å². The molecule has 1 fully saturated rings. The first kappa shape index (κ1) is 18.1. The second kappa shape index (κ2) is 6.83. The quantitative estimate of drug-likeness (QED) is 0.279. The molecule has 0 aliphatic carbocycles. The first-order chi connectivity index (χ1) is 14.0. The zero-order chi connectivity index (χ0) is 20.1. The molecule has 0 unspecified atom stereocenters. The average molecular weight is 418 g/mol. The molecule has 1 amide bonds. The third-order valence-electron chi connectivity index (χ3n) is 5.27. The molecule has 0 bridgehead atoms. The Morgan fingerprint density at radius 2 is 1.66 bits per heavy atom. The highest BCUT2D eigenvalue weighted by atomic mass is 32.2. The number of aliphatic carboxylic acids is 1. The van der Waals surface area contributed by atoms with Crippen molar-refractivity contribution >= 4 is 78.6 Å². The Morgan fingerprint density at radius 3 is 2.38 bits per heavy atom. The molecular weight excluding hydrogens is 402 g/mol. The summed E-state index contributed by atoms with van der Waals surface area (Å²) in [7, 11) is 0. The monoisotopic (exact) mass is 417 g/mol. The highest BCUT2D eigenvalue weighted by Gasteiger charge is 2.32. The molecule has 1 heterocycles. The van der Waals surface area contributed by atoms with E-state index in [1.807, 2.05) is 12.1 Å². The average Bonchev–Trinajstić information content (AvgIpc) is 2.98. The van der Waals surface area contributed by atoms with Crippen LogP contribution < -0.4 is 0 Å². The summed E-state index contributed by atoms with van der Waals surface area (Å²) in [5.41, 5.74) is 0.953. The first-order valence-electron chi connectivity index (χ1n) is 9.16. The molecule has 0 saturated carbocycles. The second-order valence-corrected chi connectivity index (χ2v) is 8.66. The number of benzene rings is 4. The van der Waals surface area contributed by atoms with E-state index in [0.29, 0.717) is 9.23 Å². The third kappa shape index (κ3) is 2.96. The molecule has 1 aliphatic heterocycles. The van der Waals surface area contributed by atoms with Crippen molar-refractivity contribution in [2.24, 2.45) is 0 Å². The Kier molecular flexibility index (Phi) is 4.26. The van der Waals surface area contributed by atoms with Gasteiger partial charge < -0.3 is 5.11 Å². The minimum Gasteiger partial charge on any atom is -0.481 e. The van der Waals surface area contributed by atoms with Crippen molar-refractivity contribution in [1.29, 1.82) is 0 Å².